The Morgan fingerprint density at radius 2 is 1.57 bits per heavy atom. The standard InChI is InChI=1S/C20H15NO2/c1-3-12-17-15-10-6-4-8-13(15)14-9-5-7-11-16(14)18(17)21-19(12)20(22)23-2/h3-11,21H,1H2,2H3. The zero-order valence-electron chi connectivity index (χ0n) is 12.7. The van der Waals surface area contributed by atoms with Crippen LogP contribution in [0.25, 0.3) is 38.5 Å². The van der Waals surface area contributed by atoms with Gasteiger partial charge in [-0.2, -0.15) is 0 Å². The highest BCUT2D eigenvalue weighted by Gasteiger charge is 2.20. The number of methoxy groups -OCH3 is 1. The van der Waals surface area contributed by atoms with Crippen molar-refractivity contribution in [1.82, 2.24) is 4.98 Å². The Hall–Kier alpha value is -3.07. The van der Waals surface area contributed by atoms with Crippen LogP contribution in [0.15, 0.2) is 55.1 Å². The number of esters is 1. The van der Waals surface area contributed by atoms with Gasteiger partial charge in [-0.05, 0) is 16.2 Å². The molecule has 0 aliphatic carbocycles. The summed E-state index contributed by atoms with van der Waals surface area (Å²) in [6.07, 6.45) is 1.71. The fraction of sp³-hybridized carbons (Fsp3) is 0.0500. The van der Waals surface area contributed by atoms with Crippen LogP contribution in [-0.4, -0.2) is 18.1 Å². The number of hydrogen-bond acceptors (Lipinski definition) is 2. The monoisotopic (exact) mass is 301 g/mol. The topological polar surface area (TPSA) is 42.1 Å². The fourth-order valence-corrected chi connectivity index (χ4v) is 3.34. The maximum atomic E-state index is 12.1. The van der Waals surface area contributed by atoms with Crippen LogP contribution in [0, 0.1) is 0 Å². The van der Waals surface area contributed by atoms with E-state index in [1.807, 2.05) is 24.3 Å². The molecule has 0 saturated heterocycles. The number of aromatic nitrogens is 1. The number of rotatable bonds is 2. The molecule has 4 aromatic rings. The molecular weight excluding hydrogens is 286 g/mol. The quantitative estimate of drug-likeness (QED) is 0.422. The van der Waals surface area contributed by atoms with E-state index >= 15 is 0 Å². The van der Waals surface area contributed by atoms with Gasteiger partial charge in [0.05, 0.1) is 12.6 Å². The summed E-state index contributed by atoms with van der Waals surface area (Å²) in [6.45, 7) is 3.89. The highest BCUT2D eigenvalue weighted by atomic mass is 16.5. The van der Waals surface area contributed by atoms with Crippen LogP contribution in [0.1, 0.15) is 16.1 Å². The summed E-state index contributed by atoms with van der Waals surface area (Å²) in [5, 5.41) is 5.51. The van der Waals surface area contributed by atoms with Gasteiger partial charge in [-0.25, -0.2) is 4.79 Å². The molecule has 3 heteroatoms. The Morgan fingerprint density at radius 1 is 1.00 bits per heavy atom. The normalized spacial score (nSPS) is 11.2. The van der Waals surface area contributed by atoms with E-state index in [-0.39, 0.29) is 5.97 Å². The SMILES string of the molecule is C=Cc1c(C(=O)OC)[nH]c2c3ccccc3c3ccccc3c12. The second-order valence-electron chi connectivity index (χ2n) is 5.45. The average Bonchev–Trinajstić information content (AvgIpc) is 3.01. The molecule has 0 atom stereocenters. The molecule has 4 rings (SSSR count). The minimum absolute atomic E-state index is 0.385. The van der Waals surface area contributed by atoms with Gasteiger partial charge in [0.1, 0.15) is 5.69 Å². The van der Waals surface area contributed by atoms with Crippen molar-refractivity contribution in [1.29, 1.82) is 0 Å². The molecule has 1 aromatic heterocycles. The van der Waals surface area contributed by atoms with E-state index in [1.165, 1.54) is 7.11 Å². The van der Waals surface area contributed by atoms with Crippen molar-refractivity contribution in [2.75, 3.05) is 7.11 Å². The van der Waals surface area contributed by atoms with Crippen molar-refractivity contribution < 1.29 is 9.53 Å². The van der Waals surface area contributed by atoms with E-state index in [0.717, 1.165) is 38.0 Å². The van der Waals surface area contributed by atoms with Crippen LogP contribution in [0.3, 0.4) is 0 Å². The van der Waals surface area contributed by atoms with Crippen molar-refractivity contribution in [2.24, 2.45) is 0 Å². The molecule has 0 unspecified atom stereocenters. The highest BCUT2D eigenvalue weighted by molar-refractivity contribution is 6.27. The molecular formula is C20H15NO2. The van der Waals surface area contributed by atoms with Gasteiger partial charge in [-0.15, -0.1) is 0 Å². The van der Waals surface area contributed by atoms with E-state index in [9.17, 15) is 4.79 Å². The van der Waals surface area contributed by atoms with Crippen LogP contribution in [0.5, 0.6) is 0 Å². The number of hydrogen-bond donors (Lipinski definition) is 1. The molecule has 3 aromatic carbocycles. The van der Waals surface area contributed by atoms with Crippen molar-refractivity contribution >= 4 is 44.5 Å². The summed E-state index contributed by atoms with van der Waals surface area (Å²) in [5.41, 5.74) is 2.17. The molecule has 23 heavy (non-hydrogen) atoms. The summed E-state index contributed by atoms with van der Waals surface area (Å²) in [4.78, 5) is 15.4. The summed E-state index contributed by atoms with van der Waals surface area (Å²) in [6, 6.07) is 16.4. The van der Waals surface area contributed by atoms with Crippen molar-refractivity contribution in [3.8, 4) is 0 Å². The number of benzene rings is 3. The molecule has 0 radical (unpaired) electrons. The highest BCUT2D eigenvalue weighted by Crippen LogP contribution is 2.38. The van der Waals surface area contributed by atoms with E-state index in [1.54, 1.807) is 6.08 Å². The minimum Gasteiger partial charge on any atom is -0.464 e. The Labute approximate surface area is 133 Å². The molecule has 1 N–H and O–H groups in total. The van der Waals surface area contributed by atoms with Crippen LogP contribution >= 0.6 is 0 Å². The van der Waals surface area contributed by atoms with Crippen molar-refractivity contribution in [3.05, 3.63) is 66.4 Å². The first-order chi connectivity index (χ1) is 11.3. The van der Waals surface area contributed by atoms with Gasteiger partial charge in [-0.1, -0.05) is 61.2 Å². The first kappa shape index (κ1) is 13.6. The van der Waals surface area contributed by atoms with Crippen LogP contribution < -0.4 is 0 Å². The summed E-state index contributed by atoms with van der Waals surface area (Å²) in [7, 11) is 1.39. The number of ether oxygens (including phenoxy) is 1. The lowest BCUT2D eigenvalue weighted by Gasteiger charge is -2.07. The minimum atomic E-state index is -0.385. The molecule has 0 saturated carbocycles. The Bertz CT molecular complexity index is 1090. The van der Waals surface area contributed by atoms with Gasteiger partial charge in [-0.3, -0.25) is 0 Å². The second-order valence-corrected chi connectivity index (χ2v) is 5.45. The smallest absolute Gasteiger partial charge is 0.355 e. The van der Waals surface area contributed by atoms with E-state index < -0.39 is 0 Å². The fourth-order valence-electron chi connectivity index (χ4n) is 3.34. The van der Waals surface area contributed by atoms with Crippen molar-refractivity contribution in [2.45, 2.75) is 0 Å². The van der Waals surface area contributed by atoms with E-state index in [2.05, 4.69) is 35.8 Å². The number of aromatic amines is 1. The summed E-state index contributed by atoms with van der Waals surface area (Å²) in [5.74, 6) is -0.385. The van der Waals surface area contributed by atoms with Crippen molar-refractivity contribution in [3.63, 3.8) is 0 Å². The Morgan fingerprint density at radius 3 is 2.17 bits per heavy atom. The molecule has 1 heterocycles. The molecule has 3 nitrogen and oxygen atoms in total. The van der Waals surface area contributed by atoms with Gasteiger partial charge in [0, 0.05) is 16.3 Å². The molecule has 0 spiro atoms. The van der Waals surface area contributed by atoms with Gasteiger partial charge in [0.25, 0.3) is 0 Å². The zero-order chi connectivity index (χ0) is 16.0. The lowest BCUT2D eigenvalue weighted by atomic mass is 9.96. The van der Waals surface area contributed by atoms with E-state index in [4.69, 9.17) is 4.74 Å². The van der Waals surface area contributed by atoms with Crippen LogP contribution in [-0.2, 0) is 4.74 Å². The lowest BCUT2D eigenvalue weighted by molar-refractivity contribution is 0.0595. The first-order valence-corrected chi connectivity index (χ1v) is 7.42. The average molecular weight is 301 g/mol. The van der Waals surface area contributed by atoms with Gasteiger partial charge < -0.3 is 9.72 Å². The third-order valence-corrected chi connectivity index (χ3v) is 4.32. The predicted molar refractivity (Wildman–Crippen MR) is 94.7 cm³/mol. The Kier molecular flexibility index (Phi) is 2.95. The molecule has 112 valence electrons. The predicted octanol–water partition coefficient (Wildman–Crippen LogP) is 4.90. The first-order valence-electron chi connectivity index (χ1n) is 7.42. The van der Waals surface area contributed by atoms with Gasteiger partial charge in [0.2, 0.25) is 0 Å². The maximum absolute atomic E-state index is 12.1. The zero-order valence-corrected chi connectivity index (χ0v) is 12.7. The lowest BCUT2D eigenvalue weighted by Crippen LogP contribution is -2.03. The summed E-state index contributed by atoms with van der Waals surface area (Å²) >= 11 is 0. The Balaban J connectivity index is 2.34. The second kappa shape index (κ2) is 4.99. The largest absolute Gasteiger partial charge is 0.464 e. The number of fused-ring (bicyclic) bond motifs is 6. The third-order valence-electron chi connectivity index (χ3n) is 4.32. The van der Waals surface area contributed by atoms with Gasteiger partial charge in [0.15, 0.2) is 0 Å². The number of H-pyrrole nitrogens is 1. The van der Waals surface area contributed by atoms with Crippen LogP contribution in [0.4, 0.5) is 0 Å². The summed E-state index contributed by atoms with van der Waals surface area (Å²) < 4.78 is 4.91. The molecule has 0 aliphatic heterocycles. The van der Waals surface area contributed by atoms with Crippen LogP contribution in [0.2, 0.25) is 0 Å². The third kappa shape index (κ3) is 1.80. The maximum Gasteiger partial charge on any atom is 0.355 e. The van der Waals surface area contributed by atoms with E-state index in [0.29, 0.717) is 5.69 Å². The molecule has 0 bridgehead atoms. The number of carbonyl (C=O) groups excluding carboxylic acids is 1. The molecule has 0 fully saturated rings. The van der Waals surface area contributed by atoms with Gasteiger partial charge >= 0.3 is 5.97 Å². The molecule has 0 amide bonds. The number of nitrogens with one attached hydrogen (secondary N) is 1. The number of carbonyl (C=O) groups is 1. The molecule has 0 aliphatic rings.